The molecule has 1 N–H and O–H groups in total. The van der Waals surface area contributed by atoms with Crippen molar-refractivity contribution in [3.8, 4) is 5.69 Å². The highest BCUT2D eigenvalue weighted by molar-refractivity contribution is 8.00. The molecule has 0 atom stereocenters. The lowest BCUT2D eigenvalue weighted by atomic mass is 10.00. The summed E-state index contributed by atoms with van der Waals surface area (Å²) in [7, 11) is 1.36. The Morgan fingerprint density at radius 3 is 2.58 bits per heavy atom. The van der Waals surface area contributed by atoms with Crippen molar-refractivity contribution in [2.24, 2.45) is 0 Å². The molecule has 0 aliphatic carbocycles. The molecule has 2 amide bonds. The van der Waals surface area contributed by atoms with E-state index in [1.807, 2.05) is 43.5 Å². The van der Waals surface area contributed by atoms with Gasteiger partial charge in [-0.3, -0.25) is 4.79 Å². The Kier molecular flexibility index (Phi) is 5.17. The van der Waals surface area contributed by atoms with Crippen molar-refractivity contribution in [3.63, 3.8) is 0 Å². The number of carbonyl (C=O) groups excluding carboxylic acids is 2. The standard InChI is InChI=1S/C17H21N5O3S/c1-12-14(20-22(19-12)13-7-5-4-6-8-13)9-18-16(24)21-10-17(11-21,26-3)15(23)25-2/h4-8H,9-11H2,1-3H3,(H,18,24). The molecule has 1 aromatic carbocycles. The SMILES string of the molecule is COC(=O)C1(SC)CN(C(=O)NCc2nn(-c3ccccc3)nc2C)C1. The molecular weight excluding hydrogens is 354 g/mol. The number of thioether (sulfide) groups is 1. The largest absolute Gasteiger partial charge is 0.468 e. The highest BCUT2D eigenvalue weighted by atomic mass is 32.2. The summed E-state index contributed by atoms with van der Waals surface area (Å²) >= 11 is 1.41. The second-order valence-electron chi connectivity index (χ2n) is 6.06. The van der Waals surface area contributed by atoms with E-state index in [4.69, 9.17) is 4.74 Å². The van der Waals surface area contributed by atoms with Gasteiger partial charge in [-0.05, 0) is 25.3 Å². The van der Waals surface area contributed by atoms with Crippen LogP contribution in [0, 0.1) is 6.92 Å². The number of hydrogen-bond acceptors (Lipinski definition) is 6. The Bertz CT molecular complexity index is 802. The zero-order valence-electron chi connectivity index (χ0n) is 14.9. The van der Waals surface area contributed by atoms with Crippen molar-refractivity contribution < 1.29 is 14.3 Å². The predicted octanol–water partition coefficient (Wildman–Crippen LogP) is 1.38. The Morgan fingerprint density at radius 2 is 1.96 bits per heavy atom. The van der Waals surface area contributed by atoms with Gasteiger partial charge >= 0.3 is 12.0 Å². The fraction of sp³-hybridized carbons (Fsp3) is 0.412. The van der Waals surface area contributed by atoms with Gasteiger partial charge in [-0.2, -0.15) is 15.0 Å². The molecule has 0 radical (unpaired) electrons. The van der Waals surface area contributed by atoms with Crippen molar-refractivity contribution >= 4 is 23.8 Å². The van der Waals surface area contributed by atoms with Crippen molar-refractivity contribution in [2.45, 2.75) is 18.2 Å². The number of urea groups is 1. The normalized spacial score (nSPS) is 15.3. The van der Waals surface area contributed by atoms with Crippen molar-refractivity contribution in [1.82, 2.24) is 25.2 Å². The van der Waals surface area contributed by atoms with Crippen LogP contribution in [0.5, 0.6) is 0 Å². The molecule has 1 saturated heterocycles. The molecule has 9 heteroatoms. The number of ether oxygens (including phenoxy) is 1. The number of aromatic nitrogens is 3. The van der Waals surface area contributed by atoms with Gasteiger partial charge in [0.25, 0.3) is 0 Å². The minimum atomic E-state index is -0.654. The first kappa shape index (κ1) is 18.2. The molecule has 2 heterocycles. The number of methoxy groups -OCH3 is 1. The molecular formula is C17H21N5O3S. The molecule has 1 aromatic heterocycles. The second kappa shape index (κ2) is 7.36. The molecule has 0 unspecified atom stereocenters. The van der Waals surface area contributed by atoms with Gasteiger partial charge in [0.1, 0.15) is 10.4 Å². The van der Waals surface area contributed by atoms with Gasteiger partial charge < -0.3 is 15.0 Å². The van der Waals surface area contributed by atoms with Gasteiger partial charge in [-0.15, -0.1) is 11.8 Å². The molecule has 3 rings (SSSR count). The molecule has 2 aromatic rings. The van der Waals surface area contributed by atoms with Crippen molar-refractivity contribution in [2.75, 3.05) is 26.5 Å². The van der Waals surface area contributed by atoms with Gasteiger partial charge in [0, 0.05) is 13.1 Å². The van der Waals surface area contributed by atoms with Gasteiger partial charge in [-0.25, -0.2) is 4.79 Å². The van der Waals surface area contributed by atoms with Crippen LogP contribution in [0.2, 0.25) is 0 Å². The fourth-order valence-corrected chi connectivity index (χ4v) is 3.58. The molecule has 0 spiro atoms. The summed E-state index contributed by atoms with van der Waals surface area (Å²) in [6.07, 6.45) is 1.84. The van der Waals surface area contributed by atoms with E-state index in [1.54, 1.807) is 9.70 Å². The zero-order chi connectivity index (χ0) is 18.7. The average Bonchev–Trinajstić information content (AvgIpc) is 3.00. The molecule has 26 heavy (non-hydrogen) atoms. The highest BCUT2D eigenvalue weighted by Crippen LogP contribution is 2.34. The lowest BCUT2D eigenvalue weighted by Gasteiger charge is -2.46. The van der Waals surface area contributed by atoms with E-state index in [0.717, 1.165) is 11.4 Å². The van der Waals surface area contributed by atoms with Crippen LogP contribution in [0.1, 0.15) is 11.4 Å². The van der Waals surface area contributed by atoms with E-state index in [1.165, 1.54) is 18.9 Å². The first-order valence-electron chi connectivity index (χ1n) is 8.13. The van der Waals surface area contributed by atoms with Crippen LogP contribution >= 0.6 is 11.8 Å². The van der Waals surface area contributed by atoms with E-state index in [2.05, 4.69) is 15.5 Å². The van der Waals surface area contributed by atoms with Crippen LogP contribution in [0.3, 0.4) is 0 Å². The summed E-state index contributed by atoms with van der Waals surface area (Å²) in [5.41, 5.74) is 2.32. The fourth-order valence-electron chi connectivity index (χ4n) is 2.76. The van der Waals surface area contributed by atoms with Gasteiger partial charge in [0.15, 0.2) is 0 Å². The maximum atomic E-state index is 12.3. The topological polar surface area (TPSA) is 89.4 Å². The maximum absolute atomic E-state index is 12.3. The summed E-state index contributed by atoms with van der Waals surface area (Å²) < 4.78 is 4.17. The number of aryl methyl sites for hydroxylation is 1. The number of para-hydroxylation sites is 1. The molecule has 0 saturated carbocycles. The predicted molar refractivity (Wildman–Crippen MR) is 98.2 cm³/mol. The number of benzene rings is 1. The summed E-state index contributed by atoms with van der Waals surface area (Å²) in [5.74, 6) is -0.296. The number of nitrogens with zero attached hydrogens (tertiary/aromatic N) is 4. The van der Waals surface area contributed by atoms with E-state index in [9.17, 15) is 9.59 Å². The van der Waals surface area contributed by atoms with Crippen LogP contribution in [-0.4, -0.2) is 63.1 Å². The molecule has 1 aliphatic heterocycles. The maximum Gasteiger partial charge on any atom is 0.325 e. The van der Waals surface area contributed by atoms with Crippen LogP contribution in [0.15, 0.2) is 30.3 Å². The summed E-state index contributed by atoms with van der Waals surface area (Å²) in [6.45, 7) is 2.80. The van der Waals surface area contributed by atoms with Gasteiger partial charge in [0.2, 0.25) is 0 Å². The summed E-state index contributed by atoms with van der Waals surface area (Å²) in [5, 5.41) is 11.7. The Labute approximate surface area is 155 Å². The first-order chi connectivity index (χ1) is 12.5. The summed E-state index contributed by atoms with van der Waals surface area (Å²) in [6, 6.07) is 9.36. The van der Waals surface area contributed by atoms with Crippen LogP contribution in [0.25, 0.3) is 5.69 Å². The Balaban J connectivity index is 1.58. The van der Waals surface area contributed by atoms with Gasteiger partial charge in [0.05, 0.1) is 25.0 Å². The third-order valence-electron chi connectivity index (χ3n) is 4.40. The number of nitrogens with one attached hydrogen (secondary N) is 1. The number of carbonyl (C=O) groups is 2. The zero-order valence-corrected chi connectivity index (χ0v) is 15.7. The van der Waals surface area contributed by atoms with E-state index >= 15 is 0 Å². The van der Waals surface area contributed by atoms with Crippen molar-refractivity contribution in [3.05, 3.63) is 41.7 Å². The Morgan fingerprint density at radius 1 is 1.27 bits per heavy atom. The molecule has 8 nitrogen and oxygen atoms in total. The number of likely N-dealkylation sites (tertiary alicyclic amines) is 1. The van der Waals surface area contributed by atoms with E-state index < -0.39 is 4.75 Å². The lowest BCUT2D eigenvalue weighted by molar-refractivity contribution is -0.147. The smallest absolute Gasteiger partial charge is 0.325 e. The molecule has 1 fully saturated rings. The van der Waals surface area contributed by atoms with E-state index in [-0.39, 0.29) is 18.5 Å². The minimum absolute atomic E-state index is 0.229. The Hall–Kier alpha value is -2.55. The second-order valence-corrected chi connectivity index (χ2v) is 7.25. The van der Waals surface area contributed by atoms with Crippen LogP contribution < -0.4 is 5.32 Å². The number of hydrogen-bond donors (Lipinski definition) is 1. The molecule has 0 bridgehead atoms. The van der Waals surface area contributed by atoms with Crippen molar-refractivity contribution in [1.29, 1.82) is 0 Å². The average molecular weight is 375 g/mol. The van der Waals surface area contributed by atoms with Crippen LogP contribution in [-0.2, 0) is 16.1 Å². The molecule has 1 aliphatic rings. The van der Waals surface area contributed by atoms with Gasteiger partial charge in [-0.1, -0.05) is 18.2 Å². The quantitative estimate of drug-likeness (QED) is 0.794. The third-order valence-corrected chi connectivity index (χ3v) is 5.61. The first-order valence-corrected chi connectivity index (χ1v) is 9.36. The lowest BCUT2D eigenvalue weighted by Crippen LogP contribution is -2.67. The number of amides is 2. The summed E-state index contributed by atoms with van der Waals surface area (Å²) in [4.78, 5) is 27.3. The van der Waals surface area contributed by atoms with E-state index in [0.29, 0.717) is 18.8 Å². The molecule has 138 valence electrons. The number of esters is 1. The number of rotatable bonds is 5. The highest BCUT2D eigenvalue weighted by Gasteiger charge is 2.51. The van der Waals surface area contributed by atoms with Crippen LogP contribution in [0.4, 0.5) is 4.79 Å². The minimum Gasteiger partial charge on any atom is -0.468 e. The third kappa shape index (κ3) is 3.39. The monoisotopic (exact) mass is 375 g/mol.